The summed E-state index contributed by atoms with van der Waals surface area (Å²) in [6.45, 7) is 15.2. The highest BCUT2D eigenvalue weighted by Gasteiger charge is 2.18. The lowest BCUT2D eigenvalue weighted by Crippen LogP contribution is -2.22. The lowest BCUT2D eigenvalue weighted by Gasteiger charge is -2.31. The van der Waals surface area contributed by atoms with Crippen molar-refractivity contribution in [2.24, 2.45) is 0 Å². The predicted molar refractivity (Wildman–Crippen MR) is 85.5 cm³/mol. The fourth-order valence-corrected chi connectivity index (χ4v) is 2.06. The Hall–Kier alpha value is -2.28. The molecule has 98 valence electrons. The summed E-state index contributed by atoms with van der Waals surface area (Å²) in [4.78, 5) is 2.14. The van der Waals surface area contributed by atoms with Crippen molar-refractivity contribution in [3.8, 4) is 0 Å². The molecular formula is C18H21N. The zero-order valence-electron chi connectivity index (χ0n) is 11.6. The van der Waals surface area contributed by atoms with Crippen LogP contribution >= 0.6 is 0 Å². The van der Waals surface area contributed by atoms with Gasteiger partial charge in [-0.1, -0.05) is 62.8 Å². The van der Waals surface area contributed by atoms with E-state index in [9.17, 15) is 0 Å². The van der Waals surface area contributed by atoms with Crippen LogP contribution in [0.3, 0.4) is 0 Å². The summed E-state index contributed by atoms with van der Waals surface area (Å²) in [5.41, 5.74) is 4.63. The van der Waals surface area contributed by atoms with Gasteiger partial charge < -0.3 is 4.90 Å². The average molecular weight is 251 g/mol. The first-order chi connectivity index (χ1) is 9.19. The second kappa shape index (κ2) is 7.22. The number of nitrogens with zero attached hydrogens (tertiary/aromatic N) is 1. The molecule has 0 aliphatic carbocycles. The monoisotopic (exact) mass is 251 g/mol. The Balaban J connectivity index is 3.29. The van der Waals surface area contributed by atoms with Crippen LogP contribution in [0.25, 0.3) is 0 Å². The molecule has 0 amide bonds. The first kappa shape index (κ1) is 14.8. The van der Waals surface area contributed by atoms with Crippen LogP contribution in [0.1, 0.15) is 6.42 Å². The smallest absolute Gasteiger partial charge is 0.0443 e. The first-order valence-corrected chi connectivity index (χ1v) is 6.22. The maximum absolute atomic E-state index is 3.90. The Labute approximate surface area is 116 Å². The fourth-order valence-electron chi connectivity index (χ4n) is 2.06. The van der Waals surface area contributed by atoms with Gasteiger partial charge in [0.2, 0.25) is 0 Å². The largest absolute Gasteiger partial charge is 0.344 e. The van der Waals surface area contributed by atoms with Crippen molar-refractivity contribution in [2.75, 3.05) is 7.05 Å². The molecule has 0 aromatic carbocycles. The van der Waals surface area contributed by atoms with Gasteiger partial charge in [0, 0.05) is 24.9 Å². The topological polar surface area (TPSA) is 3.24 Å². The van der Waals surface area contributed by atoms with Crippen molar-refractivity contribution in [1.29, 1.82) is 0 Å². The second-order valence-corrected chi connectivity index (χ2v) is 4.15. The van der Waals surface area contributed by atoms with Gasteiger partial charge in [0.1, 0.15) is 0 Å². The van der Waals surface area contributed by atoms with E-state index >= 15 is 0 Å². The highest BCUT2D eigenvalue weighted by atomic mass is 15.1. The summed E-state index contributed by atoms with van der Waals surface area (Å²) in [6, 6.07) is 0. The lowest BCUT2D eigenvalue weighted by molar-refractivity contribution is 0.528. The molecule has 0 spiro atoms. The van der Waals surface area contributed by atoms with Gasteiger partial charge in [-0.05, 0) is 23.3 Å². The third-order valence-corrected chi connectivity index (χ3v) is 3.03. The predicted octanol–water partition coefficient (Wildman–Crippen LogP) is 4.69. The normalized spacial score (nSPS) is 16.4. The molecule has 0 saturated carbocycles. The number of likely N-dealkylation sites (N-methyl/N-ethyl adjacent to an activating group) is 1. The summed E-state index contributed by atoms with van der Waals surface area (Å²) in [7, 11) is 2.04. The number of allylic oxidation sites excluding steroid dienone is 10. The van der Waals surface area contributed by atoms with Gasteiger partial charge in [0.05, 0.1) is 0 Å². The van der Waals surface area contributed by atoms with Gasteiger partial charge in [0.25, 0.3) is 0 Å². The van der Waals surface area contributed by atoms with E-state index in [0.717, 1.165) is 17.8 Å². The minimum absolute atomic E-state index is 0.838. The maximum atomic E-state index is 3.90. The van der Waals surface area contributed by atoms with Crippen LogP contribution in [0.15, 0.2) is 97.5 Å². The molecule has 0 aromatic heterocycles. The summed E-state index contributed by atoms with van der Waals surface area (Å²) in [6.07, 6.45) is 16.1. The Morgan fingerprint density at radius 2 is 1.26 bits per heavy atom. The SMILES string of the molecule is C=C/C=C\C1=C(C=C)CC(C=C)=C(/C=C\C=C)N1C. The van der Waals surface area contributed by atoms with Gasteiger partial charge in [-0.2, -0.15) is 0 Å². The van der Waals surface area contributed by atoms with E-state index in [0.29, 0.717) is 0 Å². The van der Waals surface area contributed by atoms with Crippen molar-refractivity contribution < 1.29 is 0 Å². The summed E-state index contributed by atoms with van der Waals surface area (Å²) in [5.74, 6) is 0. The first-order valence-electron chi connectivity index (χ1n) is 6.22. The maximum Gasteiger partial charge on any atom is 0.0443 e. The Morgan fingerprint density at radius 1 is 0.842 bits per heavy atom. The zero-order valence-corrected chi connectivity index (χ0v) is 11.6. The quantitative estimate of drug-likeness (QED) is 0.619. The van der Waals surface area contributed by atoms with Crippen LogP contribution in [-0.4, -0.2) is 11.9 Å². The van der Waals surface area contributed by atoms with Crippen LogP contribution in [0.5, 0.6) is 0 Å². The summed E-state index contributed by atoms with van der Waals surface area (Å²) in [5, 5.41) is 0. The molecule has 0 saturated heterocycles. The van der Waals surface area contributed by atoms with Crippen molar-refractivity contribution >= 4 is 0 Å². The zero-order chi connectivity index (χ0) is 14.3. The molecule has 0 N–H and O–H groups in total. The van der Waals surface area contributed by atoms with Crippen molar-refractivity contribution in [2.45, 2.75) is 6.42 Å². The Bertz CT molecular complexity index is 464. The molecule has 0 fully saturated rings. The average Bonchev–Trinajstić information content (AvgIpc) is 2.44. The molecule has 0 unspecified atom stereocenters. The molecule has 1 heterocycles. The molecule has 0 atom stereocenters. The highest BCUT2D eigenvalue weighted by molar-refractivity contribution is 5.48. The van der Waals surface area contributed by atoms with E-state index in [2.05, 4.69) is 31.2 Å². The van der Waals surface area contributed by atoms with Gasteiger partial charge in [-0.15, -0.1) is 0 Å². The lowest BCUT2D eigenvalue weighted by atomic mass is 9.95. The van der Waals surface area contributed by atoms with Crippen LogP contribution in [0.4, 0.5) is 0 Å². The van der Waals surface area contributed by atoms with E-state index in [1.54, 1.807) is 12.2 Å². The van der Waals surface area contributed by atoms with Crippen LogP contribution in [-0.2, 0) is 0 Å². The molecule has 0 radical (unpaired) electrons. The molecule has 0 bridgehead atoms. The van der Waals surface area contributed by atoms with Crippen LogP contribution < -0.4 is 0 Å². The third kappa shape index (κ3) is 3.35. The van der Waals surface area contributed by atoms with Gasteiger partial charge in [-0.3, -0.25) is 0 Å². The van der Waals surface area contributed by atoms with Crippen molar-refractivity contribution in [3.05, 3.63) is 97.5 Å². The van der Waals surface area contributed by atoms with Crippen molar-refractivity contribution in [1.82, 2.24) is 4.90 Å². The molecular weight excluding hydrogens is 230 g/mol. The van der Waals surface area contributed by atoms with E-state index < -0.39 is 0 Å². The van der Waals surface area contributed by atoms with Gasteiger partial charge >= 0.3 is 0 Å². The standard InChI is InChI=1S/C18H21N/c1-6-10-12-17-15(8-3)14-16(9-4)18(19(17)5)13-11-7-2/h6-13H,1-4,14H2,5H3/b12-10-,13-11-. The number of rotatable bonds is 6. The molecule has 1 heteroatoms. The minimum Gasteiger partial charge on any atom is -0.344 e. The van der Waals surface area contributed by atoms with Gasteiger partial charge in [0.15, 0.2) is 0 Å². The number of hydrogen-bond acceptors (Lipinski definition) is 1. The van der Waals surface area contributed by atoms with Crippen LogP contribution in [0, 0.1) is 0 Å². The molecule has 1 aliphatic heterocycles. The van der Waals surface area contributed by atoms with Crippen molar-refractivity contribution in [3.63, 3.8) is 0 Å². The summed E-state index contributed by atoms with van der Waals surface area (Å²) >= 11 is 0. The number of hydrogen-bond donors (Lipinski definition) is 0. The third-order valence-electron chi connectivity index (χ3n) is 3.03. The second-order valence-electron chi connectivity index (χ2n) is 4.15. The van der Waals surface area contributed by atoms with E-state index in [1.165, 1.54) is 11.1 Å². The van der Waals surface area contributed by atoms with E-state index in [4.69, 9.17) is 0 Å². The van der Waals surface area contributed by atoms with Gasteiger partial charge in [-0.25, -0.2) is 0 Å². The highest BCUT2D eigenvalue weighted by Crippen LogP contribution is 2.32. The van der Waals surface area contributed by atoms with E-state index in [1.807, 2.05) is 43.5 Å². The molecule has 0 aromatic rings. The van der Waals surface area contributed by atoms with Crippen LogP contribution in [0.2, 0.25) is 0 Å². The minimum atomic E-state index is 0.838. The van der Waals surface area contributed by atoms with E-state index in [-0.39, 0.29) is 0 Å². The molecule has 1 aliphatic rings. The summed E-state index contributed by atoms with van der Waals surface area (Å²) < 4.78 is 0. The Kier molecular flexibility index (Phi) is 5.62. The Morgan fingerprint density at radius 3 is 1.58 bits per heavy atom. The molecule has 19 heavy (non-hydrogen) atoms. The fraction of sp³-hybridized carbons (Fsp3) is 0.111. The molecule has 1 rings (SSSR count). The molecule has 1 nitrogen and oxygen atoms in total.